The molecule has 0 aliphatic heterocycles. The maximum atomic E-state index is 14.6. The first kappa shape index (κ1) is 33.5. The van der Waals surface area contributed by atoms with E-state index in [-0.39, 0.29) is 45.5 Å². The van der Waals surface area contributed by atoms with Gasteiger partial charge in [0, 0.05) is 19.0 Å². The van der Waals surface area contributed by atoms with Gasteiger partial charge in [0.05, 0.1) is 20.6 Å². The van der Waals surface area contributed by atoms with E-state index in [1.54, 1.807) is 24.3 Å². The third kappa shape index (κ3) is 8.10. The van der Waals surface area contributed by atoms with Crippen molar-refractivity contribution in [2.45, 2.75) is 62.6 Å². The van der Waals surface area contributed by atoms with Gasteiger partial charge in [0.1, 0.15) is 12.6 Å². The molecule has 7 nitrogen and oxygen atoms in total. The predicted octanol–water partition coefficient (Wildman–Crippen LogP) is 7.20. The standard InChI is InChI=1S/C36H37Cl2N3O4S/c1-26-19-21-30(22-20-26)46(44,45)41(32-18-10-17-31(37)35(32)38)25-34(42)40(24-28-13-6-3-7-14-28)33(23-27-11-4-2-5-12-27)36(43)39-29-15-8-9-16-29/h2-7,10-14,17-22,29,33H,8-9,15-16,23-25H2,1H3,(H,39,43). The molecular formula is C36H37Cl2N3O4S. The molecule has 240 valence electrons. The number of anilines is 1. The fourth-order valence-electron chi connectivity index (χ4n) is 5.74. The van der Waals surface area contributed by atoms with Gasteiger partial charge in [0.2, 0.25) is 11.8 Å². The SMILES string of the molecule is Cc1ccc(S(=O)(=O)N(CC(=O)N(Cc2ccccc2)C(Cc2ccccc2)C(=O)NC2CCCC2)c2cccc(Cl)c2Cl)cc1. The molecule has 1 aliphatic rings. The maximum absolute atomic E-state index is 14.6. The van der Waals surface area contributed by atoms with Gasteiger partial charge in [-0.15, -0.1) is 0 Å². The number of nitrogens with one attached hydrogen (secondary N) is 1. The van der Waals surface area contributed by atoms with Gasteiger partial charge in [-0.2, -0.15) is 0 Å². The Bertz CT molecular complexity index is 1750. The zero-order valence-corrected chi connectivity index (χ0v) is 27.9. The smallest absolute Gasteiger partial charge is 0.264 e. The van der Waals surface area contributed by atoms with Crippen LogP contribution in [0.15, 0.2) is 108 Å². The molecular weight excluding hydrogens is 641 g/mol. The van der Waals surface area contributed by atoms with Gasteiger partial charge in [-0.3, -0.25) is 13.9 Å². The topological polar surface area (TPSA) is 86.8 Å². The molecule has 0 spiro atoms. The van der Waals surface area contributed by atoms with Crippen molar-refractivity contribution >= 4 is 50.7 Å². The molecule has 2 amide bonds. The highest BCUT2D eigenvalue weighted by atomic mass is 35.5. The molecule has 0 bridgehead atoms. The number of rotatable bonds is 12. The number of benzene rings is 4. The van der Waals surface area contributed by atoms with E-state index in [1.807, 2.05) is 67.6 Å². The van der Waals surface area contributed by atoms with Crippen molar-refractivity contribution in [3.63, 3.8) is 0 Å². The Morgan fingerprint density at radius 3 is 2.07 bits per heavy atom. The van der Waals surface area contributed by atoms with E-state index in [9.17, 15) is 18.0 Å². The second kappa shape index (κ2) is 15.2. The highest BCUT2D eigenvalue weighted by Gasteiger charge is 2.36. The highest BCUT2D eigenvalue weighted by molar-refractivity contribution is 7.92. The summed E-state index contributed by atoms with van der Waals surface area (Å²) in [5.74, 6) is -0.827. The quantitative estimate of drug-likeness (QED) is 0.172. The molecule has 4 aromatic rings. The third-order valence-electron chi connectivity index (χ3n) is 8.26. The van der Waals surface area contributed by atoms with Crippen molar-refractivity contribution in [3.8, 4) is 0 Å². The Morgan fingerprint density at radius 2 is 1.43 bits per heavy atom. The lowest BCUT2D eigenvalue weighted by molar-refractivity contribution is -0.140. The summed E-state index contributed by atoms with van der Waals surface area (Å²) in [5, 5.41) is 3.33. The van der Waals surface area contributed by atoms with E-state index < -0.39 is 28.5 Å². The lowest BCUT2D eigenvalue weighted by Gasteiger charge is -2.34. The van der Waals surface area contributed by atoms with E-state index in [4.69, 9.17) is 23.2 Å². The lowest BCUT2D eigenvalue weighted by Crippen LogP contribution is -2.54. The molecule has 0 aromatic heterocycles. The van der Waals surface area contributed by atoms with Crippen molar-refractivity contribution in [1.82, 2.24) is 10.2 Å². The van der Waals surface area contributed by atoms with Crippen molar-refractivity contribution in [2.75, 3.05) is 10.8 Å². The molecule has 1 saturated carbocycles. The van der Waals surface area contributed by atoms with Crippen molar-refractivity contribution in [1.29, 1.82) is 0 Å². The Morgan fingerprint density at radius 1 is 0.826 bits per heavy atom. The minimum atomic E-state index is -4.29. The number of sulfonamides is 1. The Hall–Kier alpha value is -3.85. The van der Waals surface area contributed by atoms with Gasteiger partial charge in [0.25, 0.3) is 10.0 Å². The average Bonchev–Trinajstić information content (AvgIpc) is 3.57. The van der Waals surface area contributed by atoms with E-state index in [1.165, 1.54) is 23.1 Å². The Labute approximate surface area is 281 Å². The second-order valence-corrected chi connectivity index (χ2v) is 14.2. The number of aryl methyl sites for hydroxylation is 1. The maximum Gasteiger partial charge on any atom is 0.264 e. The molecule has 1 atom stereocenters. The second-order valence-electron chi connectivity index (χ2n) is 11.6. The third-order valence-corrected chi connectivity index (χ3v) is 10.8. The summed E-state index contributed by atoms with van der Waals surface area (Å²) in [5.41, 5.74) is 2.63. The van der Waals surface area contributed by atoms with Crippen LogP contribution in [0.3, 0.4) is 0 Å². The summed E-state index contributed by atoms with van der Waals surface area (Å²) in [6.07, 6.45) is 4.08. The fraction of sp³-hybridized carbons (Fsp3) is 0.278. The molecule has 10 heteroatoms. The lowest BCUT2D eigenvalue weighted by atomic mass is 10.0. The minimum absolute atomic E-state index is 0.00192. The fourth-order valence-corrected chi connectivity index (χ4v) is 7.61. The van der Waals surface area contributed by atoms with Crippen LogP contribution < -0.4 is 9.62 Å². The first-order valence-electron chi connectivity index (χ1n) is 15.3. The van der Waals surface area contributed by atoms with Crippen LogP contribution in [0.5, 0.6) is 0 Å². The van der Waals surface area contributed by atoms with Crippen molar-refractivity contribution in [2.24, 2.45) is 0 Å². The normalized spacial score (nSPS) is 14.1. The average molecular weight is 679 g/mol. The number of carbonyl (C=O) groups excluding carboxylic acids is 2. The zero-order valence-electron chi connectivity index (χ0n) is 25.6. The van der Waals surface area contributed by atoms with Gasteiger partial charge >= 0.3 is 0 Å². The predicted molar refractivity (Wildman–Crippen MR) is 183 cm³/mol. The molecule has 46 heavy (non-hydrogen) atoms. The Kier molecular flexibility index (Phi) is 11.0. The van der Waals surface area contributed by atoms with Gasteiger partial charge in [-0.1, -0.05) is 120 Å². The molecule has 0 heterocycles. The summed E-state index contributed by atoms with van der Waals surface area (Å²) in [6.45, 7) is 1.35. The summed E-state index contributed by atoms with van der Waals surface area (Å²) in [4.78, 5) is 30.2. The van der Waals surface area contributed by atoms with E-state index in [0.717, 1.165) is 46.7 Å². The van der Waals surface area contributed by atoms with Crippen LogP contribution in [-0.2, 0) is 32.6 Å². The zero-order chi connectivity index (χ0) is 32.7. The van der Waals surface area contributed by atoms with Gasteiger partial charge in [-0.25, -0.2) is 8.42 Å². The van der Waals surface area contributed by atoms with Crippen LogP contribution in [0, 0.1) is 6.92 Å². The molecule has 4 aromatic carbocycles. The van der Waals surface area contributed by atoms with Crippen LogP contribution in [0.2, 0.25) is 10.0 Å². The summed E-state index contributed by atoms with van der Waals surface area (Å²) in [7, 11) is -4.29. The van der Waals surface area contributed by atoms with E-state index >= 15 is 0 Å². The van der Waals surface area contributed by atoms with E-state index in [0.29, 0.717) is 0 Å². The van der Waals surface area contributed by atoms with Crippen molar-refractivity contribution in [3.05, 3.63) is 130 Å². The Balaban J connectivity index is 1.58. The van der Waals surface area contributed by atoms with Crippen LogP contribution in [0.25, 0.3) is 0 Å². The molecule has 0 saturated heterocycles. The summed E-state index contributed by atoms with van der Waals surface area (Å²) < 4.78 is 29.4. The molecule has 1 N–H and O–H groups in total. The van der Waals surface area contributed by atoms with Crippen LogP contribution >= 0.6 is 23.2 Å². The van der Waals surface area contributed by atoms with Gasteiger partial charge in [0.15, 0.2) is 0 Å². The number of hydrogen-bond donors (Lipinski definition) is 1. The summed E-state index contributed by atoms with van der Waals surface area (Å²) >= 11 is 12.9. The number of halogens is 2. The number of amides is 2. The van der Waals surface area contributed by atoms with Gasteiger partial charge in [-0.05, 0) is 55.2 Å². The molecule has 5 rings (SSSR count). The molecule has 0 radical (unpaired) electrons. The molecule has 1 aliphatic carbocycles. The number of nitrogens with zero attached hydrogens (tertiary/aromatic N) is 2. The first-order valence-corrected chi connectivity index (χ1v) is 17.5. The molecule has 1 fully saturated rings. The highest BCUT2D eigenvalue weighted by Crippen LogP contribution is 2.36. The summed E-state index contributed by atoms with van der Waals surface area (Å²) in [6, 6.07) is 29.0. The monoisotopic (exact) mass is 677 g/mol. The van der Waals surface area contributed by atoms with Gasteiger partial charge < -0.3 is 10.2 Å². The number of carbonyl (C=O) groups is 2. The van der Waals surface area contributed by atoms with Crippen LogP contribution in [0.4, 0.5) is 5.69 Å². The van der Waals surface area contributed by atoms with Crippen LogP contribution in [0.1, 0.15) is 42.4 Å². The van der Waals surface area contributed by atoms with Crippen LogP contribution in [-0.4, -0.2) is 43.8 Å². The van der Waals surface area contributed by atoms with E-state index in [2.05, 4.69) is 5.32 Å². The minimum Gasteiger partial charge on any atom is -0.352 e. The number of hydrogen-bond acceptors (Lipinski definition) is 4. The van der Waals surface area contributed by atoms with Crippen molar-refractivity contribution < 1.29 is 18.0 Å². The first-order chi connectivity index (χ1) is 22.1. The largest absolute Gasteiger partial charge is 0.352 e. The molecule has 1 unspecified atom stereocenters.